The molecule has 2 aromatic rings. The molecule has 0 fully saturated rings. The molecule has 1 atom stereocenters. The van der Waals surface area contributed by atoms with Crippen molar-refractivity contribution in [1.82, 2.24) is 10.1 Å². The van der Waals surface area contributed by atoms with Crippen molar-refractivity contribution >= 4 is 0 Å². The number of nitrogens with zero attached hydrogens (tertiary/aromatic N) is 2. The van der Waals surface area contributed by atoms with Gasteiger partial charge in [-0.2, -0.15) is 4.98 Å². The van der Waals surface area contributed by atoms with Crippen molar-refractivity contribution in [3.63, 3.8) is 0 Å². The number of aromatic nitrogens is 2. The van der Waals surface area contributed by atoms with Crippen molar-refractivity contribution in [3.8, 4) is 11.4 Å². The van der Waals surface area contributed by atoms with Crippen molar-refractivity contribution in [2.24, 2.45) is 5.73 Å². The quantitative estimate of drug-likeness (QED) is 0.857. The lowest BCUT2D eigenvalue weighted by Crippen LogP contribution is -2.17. The zero-order valence-electron chi connectivity index (χ0n) is 8.85. The van der Waals surface area contributed by atoms with E-state index in [1.165, 1.54) is 12.1 Å². The summed E-state index contributed by atoms with van der Waals surface area (Å²) in [5.41, 5.74) is 6.21. The minimum Gasteiger partial charge on any atom is -0.339 e. The molecule has 0 saturated heterocycles. The highest BCUT2D eigenvalue weighted by Gasteiger charge is 2.10. The first kappa shape index (κ1) is 10.8. The molecule has 0 saturated carbocycles. The highest BCUT2D eigenvalue weighted by atomic mass is 19.1. The Hall–Kier alpha value is -1.75. The smallest absolute Gasteiger partial charge is 0.228 e. The number of halogens is 1. The number of benzene rings is 1. The van der Waals surface area contributed by atoms with Crippen LogP contribution in [0.1, 0.15) is 12.8 Å². The average Bonchev–Trinajstić information content (AvgIpc) is 2.65. The zero-order valence-corrected chi connectivity index (χ0v) is 8.85. The molecular formula is C11H12FN3O. The normalized spacial score (nSPS) is 12.7. The van der Waals surface area contributed by atoms with E-state index in [9.17, 15) is 4.39 Å². The Morgan fingerprint density at radius 1 is 1.50 bits per heavy atom. The monoisotopic (exact) mass is 221 g/mol. The standard InChI is InChI=1S/C11H12FN3O/c1-7(13)5-10-14-11(15-16-10)8-3-2-4-9(12)6-8/h2-4,6-7H,5,13H2,1H3. The fourth-order valence-electron chi connectivity index (χ4n) is 1.36. The Morgan fingerprint density at radius 3 is 3.00 bits per heavy atom. The molecule has 0 radical (unpaired) electrons. The fourth-order valence-corrected chi connectivity index (χ4v) is 1.36. The lowest BCUT2D eigenvalue weighted by Gasteiger charge is -1.96. The van der Waals surface area contributed by atoms with Crippen LogP contribution in [0.4, 0.5) is 4.39 Å². The summed E-state index contributed by atoms with van der Waals surface area (Å²) in [7, 11) is 0. The largest absolute Gasteiger partial charge is 0.339 e. The third-order valence-corrected chi connectivity index (χ3v) is 2.05. The maximum Gasteiger partial charge on any atom is 0.228 e. The van der Waals surface area contributed by atoms with Crippen molar-refractivity contribution in [2.75, 3.05) is 0 Å². The number of hydrogen-bond acceptors (Lipinski definition) is 4. The van der Waals surface area contributed by atoms with Crippen molar-refractivity contribution in [1.29, 1.82) is 0 Å². The van der Waals surface area contributed by atoms with Gasteiger partial charge in [0.05, 0.1) is 0 Å². The molecule has 0 aliphatic heterocycles. The molecule has 1 unspecified atom stereocenters. The minimum atomic E-state index is -0.323. The first-order chi connectivity index (χ1) is 7.65. The van der Waals surface area contributed by atoms with Gasteiger partial charge in [0.25, 0.3) is 0 Å². The maximum atomic E-state index is 13.0. The molecule has 1 aromatic carbocycles. The Bertz CT molecular complexity index is 482. The van der Waals surface area contributed by atoms with E-state index in [0.29, 0.717) is 23.7 Å². The van der Waals surface area contributed by atoms with Gasteiger partial charge in [0.2, 0.25) is 11.7 Å². The van der Waals surface area contributed by atoms with E-state index in [4.69, 9.17) is 10.3 Å². The SMILES string of the molecule is CC(N)Cc1nc(-c2cccc(F)c2)no1. The summed E-state index contributed by atoms with van der Waals surface area (Å²) >= 11 is 0. The highest BCUT2D eigenvalue weighted by Crippen LogP contribution is 2.16. The molecule has 0 spiro atoms. The fraction of sp³-hybridized carbons (Fsp3) is 0.273. The minimum absolute atomic E-state index is 0.0409. The predicted octanol–water partition coefficient (Wildman–Crippen LogP) is 1.77. The molecule has 2 rings (SSSR count). The molecule has 0 amide bonds. The van der Waals surface area contributed by atoms with Gasteiger partial charge in [-0.05, 0) is 19.1 Å². The summed E-state index contributed by atoms with van der Waals surface area (Å²) in [6, 6.07) is 6.02. The zero-order chi connectivity index (χ0) is 11.5. The summed E-state index contributed by atoms with van der Waals surface area (Å²) in [4.78, 5) is 4.14. The number of nitrogens with two attached hydrogens (primary N) is 1. The van der Waals surface area contributed by atoms with E-state index in [1.54, 1.807) is 12.1 Å². The molecule has 0 bridgehead atoms. The second kappa shape index (κ2) is 4.40. The molecule has 1 heterocycles. The lowest BCUT2D eigenvalue weighted by molar-refractivity contribution is 0.372. The van der Waals surface area contributed by atoms with E-state index in [-0.39, 0.29) is 11.9 Å². The first-order valence-electron chi connectivity index (χ1n) is 4.99. The van der Waals surface area contributed by atoms with Crippen LogP contribution >= 0.6 is 0 Å². The Morgan fingerprint density at radius 2 is 2.31 bits per heavy atom. The van der Waals surface area contributed by atoms with Gasteiger partial charge in [0.15, 0.2) is 0 Å². The van der Waals surface area contributed by atoms with Gasteiger partial charge in [-0.3, -0.25) is 0 Å². The summed E-state index contributed by atoms with van der Waals surface area (Å²) in [6.45, 7) is 1.85. The van der Waals surface area contributed by atoms with Crippen LogP contribution in [0.15, 0.2) is 28.8 Å². The van der Waals surface area contributed by atoms with Crippen LogP contribution in [-0.4, -0.2) is 16.2 Å². The highest BCUT2D eigenvalue weighted by molar-refractivity contribution is 5.53. The molecule has 4 nitrogen and oxygen atoms in total. The van der Waals surface area contributed by atoms with E-state index >= 15 is 0 Å². The molecule has 16 heavy (non-hydrogen) atoms. The van der Waals surface area contributed by atoms with Crippen LogP contribution in [0.25, 0.3) is 11.4 Å². The van der Waals surface area contributed by atoms with Gasteiger partial charge in [-0.1, -0.05) is 17.3 Å². The molecular weight excluding hydrogens is 209 g/mol. The molecule has 1 aromatic heterocycles. The Labute approximate surface area is 92.3 Å². The molecule has 84 valence electrons. The van der Waals surface area contributed by atoms with E-state index in [0.717, 1.165) is 0 Å². The Balaban J connectivity index is 2.24. The van der Waals surface area contributed by atoms with Crippen LogP contribution in [0.2, 0.25) is 0 Å². The predicted molar refractivity (Wildman–Crippen MR) is 57.0 cm³/mol. The molecule has 0 aliphatic rings. The van der Waals surface area contributed by atoms with E-state index in [1.807, 2.05) is 6.92 Å². The van der Waals surface area contributed by atoms with Crippen LogP contribution in [0.5, 0.6) is 0 Å². The van der Waals surface area contributed by atoms with E-state index in [2.05, 4.69) is 10.1 Å². The van der Waals surface area contributed by atoms with Gasteiger partial charge in [0.1, 0.15) is 5.82 Å². The lowest BCUT2D eigenvalue weighted by atomic mass is 10.2. The van der Waals surface area contributed by atoms with Crippen molar-refractivity contribution < 1.29 is 8.91 Å². The average molecular weight is 221 g/mol. The second-order valence-electron chi connectivity index (χ2n) is 3.70. The summed E-state index contributed by atoms with van der Waals surface area (Å²) in [5, 5.41) is 3.77. The van der Waals surface area contributed by atoms with Crippen molar-refractivity contribution in [3.05, 3.63) is 36.0 Å². The third-order valence-electron chi connectivity index (χ3n) is 2.05. The van der Waals surface area contributed by atoms with Gasteiger partial charge in [-0.15, -0.1) is 0 Å². The summed E-state index contributed by atoms with van der Waals surface area (Å²) in [6.07, 6.45) is 0.516. The van der Waals surface area contributed by atoms with Gasteiger partial charge < -0.3 is 10.3 Å². The Kier molecular flexibility index (Phi) is 2.96. The molecule has 0 aliphatic carbocycles. The number of rotatable bonds is 3. The van der Waals surface area contributed by atoms with Crippen LogP contribution in [0.3, 0.4) is 0 Å². The summed E-state index contributed by atoms with van der Waals surface area (Å²) in [5.74, 6) is 0.528. The van der Waals surface area contributed by atoms with E-state index < -0.39 is 0 Å². The summed E-state index contributed by atoms with van der Waals surface area (Å²) < 4.78 is 18.0. The van der Waals surface area contributed by atoms with Gasteiger partial charge >= 0.3 is 0 Å². The first-order valence-corrected chi connectivity index (χ1v) is 4.99. The van der Waals surface area contributed by atoms with Crippen LogP contribution in [0, 0.1) is 5.82 Å². The number of hydrogen-bond donors (Lipinski definition) is 1. The topological polar surface area (TPSA) is 64.9 Å². The van der Waals surface area contributed by atoms with Crippen LogP contribution in [-0.2, 0) is 6.42 Å². The van der Waals surface area contributed by atoms with Gasteiger partial charge in [0, 0.05) is 18.0 Å². The second-order valence-corrected chi connectivity index (χ2v) is 3.70. The molecule has 2 N–H and O–H groups in total. The van der Waals surface area contributed by atoms with Crippen LogP contribution < -0.4 is 5.73 Å². The van der Waals surface area contributed by atoms with Gasteiger partial charge in [-0.25, -0.2) is 4.39 Å². The third kappa shape index (κ3) is 2.43. The molecule has 5 heteroatoms. The van der Waals surface area contributed by atoms with Crippen molar-refractivity contribution in [2.45, 2.75) is 19.4 Å². The maximum absolute atomic E-state index is 13.0.